The predicted molar refractivity (Wildman–Crippen MR) is 103 cm³/mol. The Balaban J connectivity index is 1.80. The summed E-state index contributed by atoms with van der Waals surface area (Å²) in [6.07, 6.45) is -4.89. The monoisotopic (exact) mass is 445 g/mol. The van der Waals surface area contributed by atoms with Crippen molar-refractivity contribution in [3.05, 3.63) is 10.4 Å². The molecule has 3 rings (SSSR count). The summed E-state index contributed by atoms with van der Waals surface area (Å²) in [7, 11) is 0. The third-order valence-corrected chi connectivity index (χ3v) is 6.06. The first-order valence-electron chi connectivity index (χ1n) is 10.6. The van der Waals surface area contributed by atoms with Gasteiger partial charge in [-0.3, -0.25) is 4.79 Å². The molecule has 2 saturated heterocycles. The van der Waals surface area contributed by atoms with E-state index >= 15 is 0 Å². The number of rotatable bonds is 9. The normalized spacial score (nSPS) is 42.1. The highest BCUT2D eigenvalue weighted by molar-refractivity contribution is 5.66. The summed E-state index contributed by atoms with van der Waals surface area (Å²) in [5, 5.41) is 34.1. The zero-order chi connectivity index (χ0) is 22.5. The smallest absolute Gasteiger partial charge is 0.303 e. The van der Waals surface area contributed by atoms with Gasteiger partial charge in [0, 0.05) is 24.4 Å². The molecule has 3 fully saturated rings. The molecule has 2 heterocycles. The van der Waals surface area contributed by atoms with Gasteiger partial charge in [-0.15, -0.1) is 0 Å². The average molecular weight is 445 g/mol. The molecule has 10 atom stereocenters. The van der Waals surface area contributed by atoms with Crippen LogP contribution in [0.2, 0.25) is 0 Å². The van der Waals surface area contributed by atoms with Crippen LogP contribution in [0, 0.1) is 11.8 Å². The molecule has 31 heavy (non-hydrogen) atoms. The van der Waals surface area contributed by atoms with E-state index in [1.54, 1.807) is 0 Å². The summed E-state index contributed by atoms with van der Waals surface area (Å²) in [6, 6.07) is -0.833. The highest BCUT2D eigenvalue weighted by atomic mass is 16.7. The highest BCUT2D eigenvalue weighted by Gasteiger charge is 2.55. The highest BCUT2D eigenvalue weighted by Crippen LogP contribution is 2.45. The van der Waals surface area contributed by atoms with Crippen LogP contribution in [0.5, 0.6) is 0 Å². The molecule has 1 aliphatic carbocycles. The number of fused-ring (bicyclic) bond motifs is 2. The lowest BCUT2D eigenvalue weighted by Gasteiger charge is -2.49. The van der Waals surface area contributed by atoms with Crippen LogP contribution in [0.15, 0.2) is 5.11 Å². The Morgan fingerprint density at radius 1 is 1.29 bits per heavy atom. The van der Waals surface area contributed by atoms with E-state index in [0.29, 0.717) is 13.0 Å². The zero-order valence-corrected chi connectivity index (χ0v) is 17.6. The van der Waals surface area contributed by atoms with Gasteiger partial charge in [-0.25, -0.2) is 0 Å². The Morgan fingerprint density at radius 2 is 2.06 bits per heavy atom. The number of hydrogen-bond donors (Lipinski definition) is 3. The Labute approximate surface area is 180 Å². The fourth-order valence-corrected chi connectivity index (χ4v) is 4.39. The van der Waals surface area contributed by atoms with Gasteiger partial charge in [-0.1, -0.05) is 18.5 Å². The second kappa shape index (κ2) is 10.9. The van der Waals surface area contributed by atoms with Crippen molar-refractivity contribution in [1.82, 2.24) is 0 Å². The summed E-state index contributed by atoms with van der Waals surface area (Å²) in [4.78, 5) is 14.6. The lowest BCUT2D eigenvalue weighted by atomic mass is 9.69. The maximum atomic E-state index is 11.8. The number of nitrogens with zero attached hydrogens (tertiary/aromatic N) is 3. The minimum atomic E-state index is -1.24. The van der Waals surface area contributed by atoms with Gasteiger partial charge in [0.05, 0.1) is 25.4 Å². The first-order valence-corrected chi connectivity index (χ1v) is 10.6. The van der Waals surface area contributed by atoms with Crippen molar-refractivity contribution >= 4 is 5.97 Å². The quantitative estimate of drug-likeness (QED) is 0.148. The third kappa shape index (κ3) is 5.29. The molecular formula is C19H31N3O9. The fourth-order valence-electron chi connectivity index (χ4n) is 4.39. The first kappa shape index (κ1) is 24.1. The first-order chi connectivity index (χ1) is 14.9. The van der Waals surface area contributed by atoms with Gasteiger partial charge in [0.2, 0.25) is 0 Å². The molecule has 0 spiro atoms. The molecule has 2 bridgehead atoms. The fraction of sp³-hybridized carbons (Fsp3) is 0.947. The van der Waals surface area contributed by atoms with Crippen molar-refractivity contribution in [2.75, 3.05) is 19.8 Å². The number of aliphatic hydroxyl groups is 3. The van der Waals surface area contributed by atoms with Crippen LogP contribution in [0.4, 0.5) is 0 Å². The summed E-state index contributed by atoms with van der Waals surface area (Å²) in [5.74, 6) is -1.00. The number of aliphatic hydroxyl groups excluding tert-OH is 3. The molecule has 176 valence electrons. The Kier molecular flexibility index (Phi) is 8.48. The number of azide groups is 1. The van der Waals surface area contributed by atoms with Crippen LogP contribution < -0.4 is 0 Å². The van der Waals surface area contributed by atoms with Crippen molar-refractivity contribution in [1.29, 1.82) is 0 Å². The Hall–Kier alpha value is -1.50. The Morgan fingerprint density at radius 3 is 2.71 bits per heavy atom. The molecule has 12 heteroatoms. The number of carbonyl (C=O) groups is 1. The van der Waals surface area contributed by atoms with E-state index in [1.165, 1.54) is 6.92 Å². The van der Waals surface area contributed by atoms with Gasteiger partial charge in [0.15, 0.2) is 18.7 Å². The van der Waals surface area contributed by atoms with Crippen LogP contribution in [0.3, 0.4) is 0 Å². The Bertz CT molecular complexity index is 662. The molecule has 3 aliphatic rings. The SMILES string of the molecule is CCCCOC1C(OC(C)=O)[C@H](O[C@@H]2C3CO[C@H](O)C(N=[N+]=[N-])C2C3)OC(CO)[C@H]1O. The second-order valence-corrected chi connectivity index (χ2v) is 8.16. The molecule has 0 amide bonds. The van der Waals surface area contributed by atoms with Crippen LogP contribution >= 0.6 is 0 Å². The maximum Gasteiger partial charge on any atom is 0.303 e. The molecule has 12 nitrogen and oxygen atoms in total. The summed E-state index contributed by atoms with van der Waals surface area (Å²) in [5.41, 5.74) is 8.84. The molecule has 2 aliphatic heterocycles. The van der Waals surface area contributed by atoms with E-state index in [4.69, 9.17) is 29.2 Å². The number of esters is 1. The van der Waals surface area contributed by atoms with Gasteiger partial charge in [0.1, 0.15) is 18.3 Å². The summed E-state index contributed by atoms with van der Waals surface area (Å²) >= 11 is 0. The average Bonchev–Trinajstić information content (AvgIpc) is 2.96. The van der Waals surface area contributed by atoms with Crippen LogP contribution in [0.1, 0.15) is 33.1 Å². The largest absolute Gasteiger partial charge is 0.454 e. The van der Waals surface area contributed by atoms with Crippen molar-refractivity contribution in [3.63, 3.8) is 0 Å². The van der Waals surface area contributed by atoms with Gasteiger partial charge in [0.25, 0.3) is 0 Å². The second-order valence-electron chi connectivity index (χ2n) is 8.16. The standard InChI is InChI=1S/C19H31N3O9/c1-3-4-5-27-16-14(25)12(7-23)30-19(17(16)29-9(2)24)31-15-10-6-11(15)13(21-22-20)18(26)28-8-10/h10-19,23,25-26H,3-8H2,1-2H3/t10?,11?,12?,13?,14-,15-,16?,17?,18+,19+/m1/s1. The summed E-state index contributed by atoms with van der Waals surface area (Å²) < 4.78 is 28.5. The van der Waals surface area contributed by atoms with E-state index in [2.05, 4.69) is 10.0 Å². The molecule has 0 aromatic carbocycles. The number of hydrogen-bond acceptors (Lipinski definition) is 10. The van der Waals surface area contributed by atoms with E-state index < -0.39 is 61.7 Å². The van der Waals surface area contributed by atoms with E-state index in [1.807, 2.05) is 6.92 Å². The lowest BCUT2D eigenvalue weighted by Crippen LogP contribution is -2.63. The number of carbonyl (C=O) groups excluding carboxylic acids is 1. The maximum absolute atomic E-state index is 11.8. The van der Waals surface area contributed by atoms with Crippen LogP contribution in [-0.2, 0) is 28.5 Å². The predicted octanol–water partition coefficient (Wildman–Crippen LogP) is 0.230. The van der Waals surface area contributed by atoms with E-state index in [0.717, 1.165) is 12.8 Å². The lowest BCUT2D eigenvalue weighted by molar-refractivity contribution is -0.334. The molecule has 6 unspecified atom stereocenters. The van der Waals surface area contributed by atoms with Crippen molar-refractivity contribution in [2.45, 2.75) is 82.3 Å². The van der Waals surface area contributed by atoms with Crippen LogP contribution in [0.25, 0.3) is 10.4 Å². The number of unbranched alkanes of at least 4 members (excludes halogenated alkanes) is 1. The van der Waals surface area contributed by atoms with Gasteiger partial charge in [-0.05, 0) is 24.3 Å². The molecular weight excluding hydrogens is 414 g/mol. The molecule has 3 N–H and O–H groups in total. The van der Waals surface area contributed by atoms with Crippen molar-refractivity contribution in [3.8, 4) is 0 Å². The zero-order valence-electron chi connectivity index (χ0n) is 17.6. The van der Waals surface area contributed by atoms with E-state index in [-0.39, 0.29) is 18.4 Å². The van der Waals surface area contributed by atoms with Crippen LogP contribution in [-0.4, -0.2) is 90.3 Å². The molecule has 1 saturated carbocycles. The van der Waals surface area contributed by atoms with Crippen molar-refractivity contribution < 1.29 is 43.8 Å². The minimum Gasteiger partial charge on any atom is -0.454 e. The summed E-state index contributed by atoms with van der Waals surface area (Å²) in [6.45, 7) is 3.27. The molecule has 0 radical (unpaired) electrons. The third-order valence-electron chi connectivity index (χ3n) is 6.06. The van der Waals surface area contributed by atoms with Gasteiger partial charge in [-0.2, -0.15) is 0 Å². The van der Waals surface area contributed by atoms with Gasteiger partial charge < -0.3 is 39.0 Å². The number of ether oxygens (including phenoxy) is 5. The van der Waals surface area contributed by atoms with Gasteiger partial charge >= 0.3 is 5.97 Å². The van der Waals surface area contributed by atoms with E-state index in [9.17, 15) is 20.1 Å². The molecule has 0 aromatic rings. The van der Waals surface area contributed by atoms with Crippen molar-refractivity contribution in [2.24, 2.45) is 17.0 Å². The molecule has 0 aromatic heterocycles. The topological polar surface area (TPSA) is 173 Å². The minimum absolute atomic E-state index is 0.0843.